The highest BCUT2D eigenvalue weighted by molar-refractivity contribution is 5.86. The fourth-order valence-electron chi connectivity index (χ4n) is 3.04. The smallest absolute Gasteiger partial charge is 0.254 e. The van der Waals surface area contributed by atoms with Crippen molar-refractivity contribution in [3.05, 3.63) is 35.4 Å². The van der Waals surface area contributed by atoms with Crippen molar-refractivity contribution < 1.29 is 19.1 Å². The molecule has 1 aromatic carbocycles. The first-order chi connectivity index (χ1) is 11.1. The second-order valence-corrected chi connectivity index (χ2v) is 6.03. The molecule has 0 radical (unpaired) electrons. The van der Waals surface area contributed by atoms with Crippen LogP contribution in [0.15, 0.2) is 24.3 Å². The number of amides is 2. The third-order valence-electron chi connectivity index (χ3n) is 4.47. The van der Waals surface area contributed by atoms with Crippen LogP contribution in [0.5, 0.6) is 0 Å². The molecule has 2 aliphatic rings. The van der Waals surface area contributed by atoms with Gasteiger partial charge in [-0.3, -0.25) is 9.59 Å². The topological polar surface area (TPSA) is 59.1 Å². The lowest BCUT2D eigenvalue weighted by Gasteiger charge is -2.40. The van der Waals surface area contributed by atoms with Crippen molar-refractivity contribution in [1.29, 1.82) is 0 Å². The van der Waals surface area contributed by atoms with Gasteiger partial charge in [-0.25, -0.2) is 0 Å². The number of ether oxygens (including phenoxy) is 2. The molecule has 2 amide bonds. The van der Waals surface area contributed by atoms with Gasteiger partial charge in [-0.15, -0.1) is 0 Å². The highest BCUT2D eigenvalue weighted by Crippen LogP contribution is 2.30. The highest BCUT2D eigenvalue weighted by Gasteiger charge is 2.41. The number of carbonyl (C=O) groups excluding carboxylic acids is 2. The molecule has 0 saturated carbocycles. The first kappa shape index (κ1) is 16.0. The Hall–Kier alpha value is -1.92. The number of aryl methyl sites for hydroxylation is 1. The zero-order chi connectivity index (χ0) is 16.4. The van der Waals surface area contributed by atoms with Crippen molar-refractivity contribution in [1.82, 2.24) is 9.80 Å². The largest absolute Gasteiger partial charge is 0.378 e. The number of hydrogen-bond donors (Lipinski definition) is 0. The maximum Gasteiger partial charge on any atom is 0.254 e. The third kappa shape index (κ3) is 3.23. The first-order valence-corrected chi connectivity index (χ1v) is 7.88. The molecule has 6 nitrogen and oxygen atoms in total. The van der Waals surface area contributed by atoms with E-state index in [-0.39, 0.29) is 18.4 Å². The summed E-state index contributed by atoms with van der Waals surface area (Å²) in [6.07, 6.45) is -0.668. The zero-order valence-corrected chi connectivity index (χ0v) is 13.5. The van der Waals surface area contributed by atoms with Gasteiger partial charge in [0.2, 0.25) is 5.91 Å². The molecule has 0 bridgehead atoms. The van der Waals surface area contributed by atoms with Crippen LogP contribution in [0.1, 0.15) is 17.2 Å². The third-order valence-corrected chi connectivity index (χ3v) is 4.47. The van der Waals surface area contributed by atoms with Gasteiger partial charge in [0.15, 0.2) is 6.10 Å². The van der Waals surface area contributed by atoms with Crippen LogP contribution in [0.3, 0.4) is 0 Å². The van der Waals surface area contributed by atoms with Crippen LogP contribution < -0.4 is 0 Å². The van der Waals surface area contributed by atoms with E-state index in [1.54, 1.807) is 16.8 Å². The van der Waals surface area contributed by atoms with Crippen LogP contribution in [0.4, 0.5) is 0 Å². The van der Waals surface area contributed by atoms with Crippen LogP contribution >= 0.6 is 0 Å². The summed E-state index contributed by atoms with van der Waals surface area (Å²) in [5.41, 5.74) is 2.05. The van der Waals surface area contributed by atoms with Gasteiger partial charge < -0.3 is 19.3 Å². The maximum absolute atomic E-state index is 12.9. The minimum Gasteiger partial charge on any atom is -0.378 e. The number of rotatable bonds is 2. The number of likely N-dealkylation sites (N-methyl/N-ethyl adjacent to an activating group) is 1. The molecule has 2 fully saturated rings. The van der Waals surface area contributed by atoms with Crippen molar-refractivity contribution in [2.24, 2.45) is 0 Å². The lowest BCUT2D eigenvalue weighted by atomic mass is 9.96. The molecule has 124 valence electrons. The van der Waals surface area contributed by atoms with Gasteiger partial charge in [-0.05, 0) is 12.5 Å². The summed E-state index contributed by atoms with van der Waals surface area (Å²) in [6.45, 7) is 4.17. The predicted octanol–water partition coefficient (Wildman–Crippen LogP) is 0.752. The van der Waals surface area contributed by atoms with Gasteiger partial charge in [0.05, 0.1) is 19.3 Å². The van der Waals surface area contributed by atoms with Gasteiger partial charge >= 0.3 is 0 Å². The Morgan fingerprint density at radius 2 is 1.83 bits per heavy atom. The molecule has 0 unspecified atom stereocenters. The van der Waals surface area contributed by atoms with Gasteiger partial charge in [-0.1, -0.05) is 29.8 Å². The molecule has 6 heteroatoms. The van der Waals surface area contributed by atoms with Gasteiger partial charge in [0, 0.05) is 20.1 Å². The van der Waals surface area contributed by atoms with E-state index >= 15 is 0 Å². The van der Waals surface area contributed by atoms with E-state index in [4.69, 9.17) is 9.47 Å². The summed E-state index contributed by atoms with van der Waals surface area (Å²) in [5, 5.41) is 0. The Balaban J connectivity index is 1.87. The second kappa shape index (κ2) is 6.68. The molecule has 23 heavy (non-hydrogen) atoms. The van der Waals surface area contributed by atoms with E-state index in [2.05, 4.69) is 0 Å². The molecular weight excluding hydrogens is 296 g/mol. The van der Waals surface area contributed by atoms with Gasteiger partial charge in [-0.2, -0.15) is 0 Å². The number of hydrogen-bond acceptors (Lipinski definition) is 4. The lowest BCUT2D eigenvalue weighted by Crippen LogP contribution is -2.55. The highest BCUT2D eigenvalue weighted by atomic mass is 16.5. The normalized spacial score (nSPS) is 25.6. The minimum atomic E-state index is -0.668. The summed E-state index contributed by atoms with van der Waals surface area (Å²) in [4.78, 5) is 28.3. The molecule has 2 aliphatic heterocycles. The Morgan fingerprint density at radius 1 is 1.17 bits per heavy atom. The molecule has 0 aromatic heterocycles. The standard InChI is InChI=1S/C17H22N2O4/c1-12-3-5-13(6-4-12)15-16(23-11-14(20)18(15)2)17(21)19-7-9-22-10-8-19/h3-6,15-16H,7-11H2,1-2H3/t15-,16-/m0/s1. The molecule has 0 aliphatic carbocycles. The quantitative estimate of drug-likeness (QED) is 0.807. The summed E-state index contributed by atoms with van der Waals surface area (Å²) in [7, 11) is 1.73. The summed E-state index contributed by atoms with van der Waals surface area (Å²) < 4.78 is 11.0. The Labute approximate surface area is 136 Å². The molecule has 3 rings (SSSR count). The van der Waals surface area contributed by atoms with Gasteiger partial charge in [0.25, 0.3) is 5.91 Å². The Bertz CT molecular complexity index is 581. The average Bonchev–Trinajstić information content (AvgIpc) is 2.58. The lowest BCUT2D eigenvalue weighted by molar-refractivity contribution is -0.169. The van der Waals surface area contributed by atoms with Crippen LogP contribution in [-0.2, 0) is 19.1 Å². The molecule has 0 spiro atoms. The van der Waals surface area contributed by atoms with E-state index in [1.165, 1.54) is 0 Å². The van der Waals surface area contributed by atoms with Gasteiger partial charge in [0.1, 0.15) is 6.61 Å². The van der Waals surface area contributed by atoms with Crippen LogP contribution in [0.2, 0.25) is 0 Å². The van der Waals surface area contributed by atoms with Crippen molar-refractivity contribution in [3.63, 3.8) is 0 Å². The van der Waals surface area contributed by atoms with Crippen molar-refractivity contribution in [3.8, 4) is 0 Å². The number of carbonyl (C=O) groups is 2. The minimum absolute atomic E-state index is 0.0559. The van der Waals surface area contributed by atoms with E-state index < -0.39 is 12.1 Å². The molecule has 0 N–H and O–H groups in total. The fraction of sp³-hybridized carbons (Fsp3) is 0.529. The molecule has 1 aromatic rings. The van der Waals surface area contributed by atoms with E-state index in [9.17, 15) is 9.59 Å². The average molecular weight is 318 g/mol. The fourth-order valence-corrected chi connectivity index (χ4v) is 3.04. The zero-order valence-electron chi connectivity index (χ0n) is 13.5. The molecule has 2 atom stereocenters. The van der Waals surface area contributed by atoms with Crippen LogP contribution in [0, 0.1) is 6.92 Å². The molecule has 2 saturated heterocycles. The van der Waals surface area contributed by atoms with E-state index in [0.29, 0.717) is 26.3 Å². The summed E-state index contributed by atoms with van der Waals surface area (Å²) >= 11 is 0. The second-order valence-electron chi connectivity index (χ2n) is 6.03. The maximum atomic E-state index is 12.9. The van der Waals surface area contributed by atoms with Crippen molar-refractivity contribution >= 4 is 11.8 Å². The Kier molecular flexibility index (Phi) is 4.63. The van der Waals surface area contributed by atoms with Crippen LogP contribution in [-0.4, -0.2) is 67.7 Å². The first-order valence-electron chi connectivity index (χ1n) is 7.88. The van der Waals surface area contributed by atoms with E-state index in [0.717, 1.165) is 11.1 Å². The molecular formula is C17H22N2O4. The predicted molar refractivity (Wildman–Crippen MR) is 83.8 cm³/mol. The molecule has 2 heterocycles. The monoisotopic (exact) mass is 318 g/mol. The number of morpholine rings is 2. The summed E-state index contributed by atoms with van der Waals surface area (Å²) in [5.74, 6) is -0.181. The van der Waals surface area contributed by atoms with Crippen molar-refractivity contribution in [2.75, 3.05) is 40.0 Å². The number of benzene rings is 1. The van der Waals surface area contributed by atoms with Crippen molar-refractivity contribution in [2.45, 2.75) is 19.1 Å². The summed E-state index contributed by atoms with van der Waals surface area (Å²) in [6, 6.07) is 7.49. The van der Waals surface area contributed by atoms with E-state index in [1.807, 2.05) is 31.2 Å². The Morgan fingerprint density at radius 3 is 2.48 bits per heavy atom. The van der Waals surface area contributed by atoms with Crippen LogP contribution in [0.25, 0.3) is 0 Å². The number of nitrogens with zero attached hydrogens (tertiary/aromatic N) is 2. The SMILES string of the molecule is Cc1ccc([C@H]2[C@@H](C(=O)N3CCOCC3)OCC(=O)N2C)cc1.